The summed E-state index contributed by atoms with van der Waals surface area (Å²) in [6, 6.07) is 6.33. The van der Waals surface area contributed by atoms with Gasteiger partial charge in [0.1, 0.15) is 5.84 Å². The van der Waals surface area contributed by atoms with Gasteiger partial charge in [-0.1, -0.05) is 12.1 Å². The lowest BCUT2D eigenvalue weighted by Crippen LogP contribution is -2.20. The van der Waals surface area contributed by atoms with Gasteiger partial charge in [0.05, 0.1) is 12.7 Å². The maximum absolute atomic E-state index is 11.3. The van der Waals surface area contributed by atoms with Crippen LogP contribution in [0.2, 0.25) is 0 Å². The van der Waals surface area contributed by atoms with Crippen molar-refractivity contribution in [2.75, 3.05) is 7.11 Å². The lowest BCUT2D eigenvalue weighted by molar-refractivity contribution is 0.0600. The Hall–Kier alpha value is -2.57. The topological polar surface area (TPSA) is 123 Å². The van der Waals surface area contributed by atoms with E-state index in [-0.39, 0.29) is 11.8 Å². The van der Waals surface area contributed by atoms with Gasteiger partial charge >= 0.3 is 5.97 Å². The van der Waals surface area contributed by atoms with Gasteiger partial charge in [0.15, 0.2) is 0 Å². The monoisotopic (exact) mass is 236 g/mol. The summed E-state index contributed by atoms with van der Waals surface area (Å²) in [5.74, 6) is -0.819. The van der Waals surface area contributed by atoms with Crippen LogP contribution in [0.4, 0.5) is 0 Å². The van der Waals surface area contributed by atoms with Crippen molar-refractivity contribution >= 4 is 17.8 Å². The summed E-state index contributed by atoms with van der Waals surface area (Å²) in [7, 11) is 1.28. The average molecular weight is 236 g/mol. The number of esters is 1. The summed E-state index contributed by atoms with van der Waals surface area (Å²) in [6.07, 6.45) is 0. The zero-order valence-corrected chi connectivity index (χ0v) is 9.12. The van der Waals surface area contributed by atoms with Crippen LogP contribution in [0.25, 0.3) is 0 Å². The summed E-state index contributed by atoms with van der Waals surface area (Å²) in [5.41, 5.74) is 11.6. The molecule has 1 aromatic rings. The normalized spacial score (nSPS) is 12.3. The molecule has 0 bridgehead atoms. The second-order valence-electron chi connectivity index (χ2n) is 3.03. The molecule has 7 heteroatoms. The Morgan fingerprint density at radius 2 is 2.00 bits per heavy atom. The highest BCUT2D eigenvalue weighted by atomic mass is 16.5. The van der Waals surface area contributed by atoms with Gasteiger partial charge in [-0.05, 0) is 17.3 Å². The number of hydrogen-bond acceptors (Lipinski definition) is 4. The Bertz CT molecular complexity index is 482. The molecular weight excluding hydrogens is 224 g/mol. The Labute approximate surface area is 97.4 Å². The SMILES string of the molecule is COC(=O)c1cccc(/C(N)=N/C(N)=N/O)c1. The smallest absolute Gasteiger partial charge is 0.337 e. The standard InChI is InChI=1S/C10H12N4O3/c1-17-9(15)7-4-2-3-6(5-7)8(11)13-10(12)14-16/h2-5,16H,1H3,(H4,11,12,13,14). The van der Waals surface area contributed by atoms with Crippen LogP contribution in [0.5, 0.6) is 0 Å². The number of methoxy groups -OCH3 is 1. The number of benzene rings is 1. The number of oxime groups is 1. The van der Waals surface area contributed by atoms with E-state index in [1.807, 2.05) is 0 Å². The van der Waals surface area contributed by atoms with Crippen molar-refractivity contribution in [2.24, 2.45) is 21.6 Å². The lowest BCUT2D eigenvalue weighted by Gasteiger charge is -2.03. The minimum atomic E-state index is -0.483. The van der Waals surface area contributed by atoms with Crippen LogP contribution in [0.1, 0.15) is 15.9 Å². The molecule has 0 atom stereocenters. The van der Waals surface area contributed by atoms with Gasteiger partial charge < -0.3 is 21.4 Å². The highest BCUT2D eigenvalue weighted by molar-refractivity contribution is 6.05. The molecule has 0 amide bonds. The van der Waals surface area contributed by atoms with Gasteiger partial charge in [0.25, 0.3) is 5.96 Å². The molecule has 0 saturated heterocycles. The molecule has 0 heterocycles. The molecule has 5 N–H and O–H groups in total. The highest BCUT2D eigenvalue weighted by Crippen LogP contribution is 2.06. The molecule has 0 aliphatic heterocycles. The van der Waals surface area contributed by atoms with E-state index in [0.29, 0.717) is 11.1 Å². The number of amidine groups is 1. The number of aliphatic imine (C=N–C) groups is 1. The third kappa shape index (κ3) is 3.20. The molecule has 17 heavy (non-hydrogen) atoms. The zero-order chi connectivity index (χ0) is 12.8. The predicted octanol–water partition coefficient (Wildman–Crippen LogP) is -0.118. The molecule has 0 radical (unpaired) electrons. The molecule has 7 nitrogen and oxygen atoms in total. The first-order valence-electron chi connectivity index (χ1n) is 4.59. The number of carbonyl (C=O) groups is 1. The summed E-state index contributed by atoms with van der Waals surface area (Å²) < 4.78 is 4.57. The number of ether oxygens (including phenoxy) is 1. The van der Waals surface area contributed by atoms with Gasteiger partial charge in [0.2, 0.25) is 0 Å². The fraction of sp³-hybridized carbons (Fsp3) is 0.100. The number of nitrogens with zero attached hydrogens (tertiary/aromatic N) is 2. The van der Waals surface area contributed by atoms with Crippen molar-refractivity contribution in [3.63, 3.8) is 0 Å². The Morgan fingerprint density at radius 1 is 1.35 bits per heavy atom. The van der Waals surface area contributed by atoms with Gasteiger partial charge in [-0.25, -0.2) is 4.79 Å². The molecule has 90 valence electrons. The number of rotatable bonds is 2. The molecule has 1 rings (SSSR count). The minimum Gasteiger partial charge on any atom is -0.465 e. The number of carbonyl (C=O) groups excluding carboxylic acids is 1. The van der Waals surface area contributed by atoms with Crippen molar-refractivity contribution in [1.29, 1.82) is 0 Å². The maximum atomic E-state index is 11.3. The molecule has 0 fully saturated rings. The Morgan fingerprint density at radius 3 is 2.59 bits per heavy atom. The first-order valence-corrected chi connectivity index (χ1v) is 4.59. The van der Waals surface area contributed by atoms with Crippen molar-refractivity contribution < 1.29 is 14.7 Å². The van der Waals surface area contributed by atoms with E-state index in [0.717, 1.165) is 0 Å². The van der Waals surface area contributed by atoms with Crippen LogP contribution < -0.4 is 11.5 Å². The summed E-state index contributed by atoms with van der Waals surface area (Å²) in [5, 5.41) is 11.0. The Balaban J connectivity index is 3.08. The molecule has 0 unspecified atom stereocenters. The number of hydrogen-bond donors (Lipinski definition) is 3. The van der Waals surface area contributed by atoms with Gasteiger partial charge in [-0.2, -0.15) is 4.99 Å². The van der Waals surface area contributed by atoms with Crippen LogP contribution in [0, 0.1) is 0 Å². The predicted molar refractivity (Wildman–Crippen MR) is 61.9 cm³/mol. The van der Waals surface area contributed by atoms with E-state index < -0.39 is 5.97 Å². The first-order chi connectivity index (χ1) is 8.08. The van der Waals surface area contributed by atoms with Gasteiger partial charge in [-0.3, -0.25) is 0 Å². The summed E-state index contributed by atoms with van der Waals surface area (Å²) in [4.78, 5) is 14.9. The van der Waals surface area contributed by atoms with E-state index in [4.69, 9.17) is 16.7 Å². The number of guanidine groups is 1. The van der Waals surface area contributed by atoms with Crippen LogP contribution >= 0.6 is 0 Å². The maximum Gasteiger partial charge on any atom is 0.337 e. The van der Waals surface area contributed by atoms with Crippen LogP contribution in [-0.2, 0) is 4.74 Å². The van der Waals surface area contributed by atoms with Crippen molar-refractivity contribution in [3.05, 3.63) is 35.4 Å². The summed E-state index contributed by atoms with van der Waals surface area (Å²) >= 11 is 0. The molecule has 0 aliphatic carbocycles. The van der Waals surface area contributed by atoms with Gasteiger partial charge in [0, 0.05) is 5.56 Å². The third-order valence-corrected chi connectivity index (χ3v) is 1.92. The molecule has 1 aromatic carbocycles. The third-order valence-electron chi connectivity index (χ3n) is 1.92. The van der Waals surface area contributed by atoms with Crippen LogP contribution in [0.3, 0.4) is 0 Å². The minimum absolute atomic E-state index is 0.0334. The summed E-state index contributed by atoms with van der Waals surface area (Å²) in [6.45, 7) is 0. The molecule has 0 aliphatic rings. The van der Waals surface area contributed by atoms with E-state index in [1.54, 1.807) is 18.2 Å². The molecule has 0 spiro atoms. The van der Waals surface area contributed by atoms with Crippen LogP contribution in [-0.4, -0.2) is 30.1 Å². The Kier molecular flexibility index (Phi) is 4.04. The second-order valence-corrected chi connectivity index (χ2v) is 3.03. The van der Waals surface area contributed by atoms with E-state index in [9.17, 15) is 4.79 Å². The lowest BCUT2D eigenvalue weighted by atomic mass is 10.1. The van der Waals surface area contributed by atoms with Crippen molar-refractivity contribution in [1.82, 2.24) is 0 Å². The van der Waals surface area contributed by atoms with E-state index in [2.05, 4.69) is 14.9 Å². The van der Waals surface area contributed by atoms with Gasteiger partial charge in [-0.15, -0.1) is 0 Å². The van der Waals surface area contributed by atoms with Crippen LogP contribution in [0.15, 0.2) is 34.4 Å². The van der Waals surface area contributed by atoms with E-state index in [1.165, 1.54) is 13.2 Å². The second kappa shape index (κ2) is 5.50. The average Bonchev–Trinajstić information content (AvgIpc) is 2.37. The van der Waals surface area contributed by atoms with Crippen molar-refractivity contribution in [2.45, 2.75) is 0 Å². The number of nitrogens with two attached hydrogens (primary N) is 2. The molecule has 0 aromatic heterocycles. The van der Waals surface area contributed by atoms with E-state index >= 15 is 0 Å². The largest absolute Gasteiger partial charge is 0.465 e. The van der Waals surface area contributed by atoms with Crippen molar-refractivity contribution in [3.8, 4) is 0 Å². The fourth-order valence-corrected chi connectivity index (χ4v) is 1.13. The molecule has 0 saturated carbocycles. The highest BCUT2D eigenvalue weighted by Gasteiger charge is 2.07. The zero-order valence-electron chi connectivity index (χ0n) is 9.12. The quantitative estimate of drug-likeness (QED) is 0.217. The fourth-order valence-electron chi connectivity index (χ4n) is 1.13. The first kappa shape index (κ1) is 12.5. The molecular formula is C10H12N4O3.